The smallest absolute Gasteiger partial charge is 0.162 e. The van der Waals surface area contributed by atoms with E-state index in [1.54, 1.807) is 12.3 Å². The quantitative estimate of drug-likeness (QED) is 0.624. The fraction of sp³-hybridized carbons (Fsp3) is 0.235. The van der Waals surface area contributed by atoms with Crippen LogP contribution in [0.15, 0.2) is 35.5 Å². The number of aromatic amines is 1. The lowest BCUT2D eigenvalue weighted by Gasteiger charge is -2.29. The lowest BCUT2D eigenvalue weighted by Crippen LogP contribution is -2.37. The number of rotatable bonds is 3. The minimum Gasteiger partial charge on any atom is -0.405 e. The van der Waals surface area contributed by atoms with Crippen molar-refractivity contribution in [2.24, 2.45) is 5.73 Å². The van der Waals surface area contributed by atoms with Gasteiger partial charge in [-0.25, -0.2) is 9.97 Å². The number of nitrogens with two attached hydrogens (primary N) is 1. The van der Waals surface area contributed by atoms with Gasteiger partial charge >= 0.3 is 0 Å². The Bertz CT molecular complexity index is 932. The van der Waals surface area contributed by atoms with Crippen LogP contribution in [0.5, 0.6) is 0 Å². The Kier molecular flexibility index (Phi) is 4.29. The Hall–Kier alpha value is -2.58. The molecule has 0 unspecified atom stereocenters. The second kappa shape index (κ2) is 6.73. The second-order valence-corrected chi connectivity index (χ2v) is 6.15. The molecule has 3 aromatic rings. The minimum absolute atomic E-state index is 0.624. The molecule has 4 rings (SSSR count). The zero-order valence-electron chi connectivity index (χ0n) is 13.5. The van der Waals surface area contributed by atoms with Gasteiger partial charge in [0.1, 0.15) is 5.82 Å². The number of anilines is 1. The van der Waals surface area contributed by atoms with Crippen molar-refractivity contribution in [3.8, 4) is 11.4 Å². The lowest BCUT2D eigenvalue weighted by molar-refractivity contribution is 0.122. The van der Waals surface area contributed by atoms with Crippen molar-refractivity contribution in [1.29, 1.82) is 0 Å². The first-order valence-corrected chi connectivity index (χ1v) is 8.47. The second-order valence-electron chi connectivity index (χ2n) is 5.70. The molecule has 3 heterocycles. The predicted octanol–water partition coefficient (Wildman–Crippen LogP) is 2.07. The van der Waals surface area contributed by atoms with Crippen LogP contribution >= 0.6 is 12.6 Å². The van der Waals surface area contributed by atoms with Gasteiger partial charge in [-0.2, -0.15) is 5.10 Å². The molecular formula is C17H18N6OS. The number of nitrogens with zero attached hydrogens (tertiary/aromatic N) is 4. The SMILES string of the molecule is N/C=C/c1nc(-c2cccc3[nH]ncc23)nc(N2CCOCC2)c1S. The number of fused-ring (bicyclic) bond motifs is 1. The molecule has 1 saturated heterocycles. The third kappa shape index (κ3) is 2.94. The molecule has 1 aliphatic rings. The largest absolute Gasteiger partial charge is 0.405 e. The van der Waals surface area contributed by atoms with Crippen LogP contribution in [-0.4, -0.2) is 46.5 Å². The normalized spacial score (nSPS) is 15.3. The highest BCUT2D eigenvalue weighted by Crippen LogP contribution is 2.32. The first-order chi connectivity index (χ1) is 12.3. The maximum Gasteiger partial charge on any atom is 0.162 e. The van der Waals surface area contributed by atoms with Gasteiger partial charge in [0, 0.05) is 24.0 Å². The third-order valence-electron chi connectivity index (χ3n) is 4.18. The zero-order chi connectivity index (χ0) is 17.2. The number of hydrogen-bond donors (Lipinski definition) is 3. The Labute approximate surface area is 150 Å². The van der Waals surface area contributed by atoms with E-state index in [2.05, 4.69) is 32.7 Å². The molecule has 25 heavy (non-hydrogen) atoms. The third-order valence-corrected chi connectivity index (χ3v) is 4.61. The Balaban J connectivity index is 1.90. The molecule has 2 aromatic heterocycles. The number of morpholine rings is 1. The van der Waals surface area contributed by atoms with E-state index < -0.39 is 0 Å². The van der Waals surface area contributed by atoms with Crippen LogP contribution < -0.4 is 10.6 Å². The molecule has 0 amide bonds. The molecule has 0 atom stereocenters. The molecule has 0 radical (unpaired) electrons. The number of aromatic nitrogens is 4. The number of nitrogens with one attached hydrogen (secondary N) is 1. The molecule has 1 aromatic carbocycles. The summed E-state index contributed by atoms with van der Waals surface area (Å²) in [5, 5.41) is 8.07. The van der Waals surface area contributed by atoms with E-state index >= 15 is 0 Å². The standard InChI is InChI=1S/C17H18N6OS/c18-5-4-14-15(25)17(23-6-8-24-9-7-23)21-16(20-14)11-2-1-3-13-12(11)10-19-22-13/h1-5,10,25H,6-9,18H2,(H,19,22)/b5-4+. The van der Waals surface area contributed by atoms with Gasteiger partial charge in [-0.3, -0.25) is 5.10 Å². The molecule has 0 spiro atoms. The van der Waals surface area contributed by atoms with Crippen molar-refractivity contribution in [3.05, 3.63) is 36.3 Å². The molecule has 1 fully saturated rings. The Morgan fingerprint density at radius 3 is 2.88 bits per heavy atom. The van der Waals surface area contributed by atoms with Crippen LogP contribution in [-0.2, 0) is 4.74 Å². The van der Waals surface area contributed by atoms with Crippen molar-refractivity contribution in [3.63, 3.8) is 0 Å². The molecule has 128 valence electrons. The van der Waals surface area contributed by atoms with Crippen LogP contribution in [0.4, 0.5) is 5.82 Å². The van der Waals surface area contributed by atoms with Crippen molar-refractivity contribution in [2.45, 2.75) is 4.90 Å². The van der Waals surface area contributed by atoms with E-state index in [-0.39, 0.29) is 0 Å². The monoisotopic (exact) mass is 354 g/mol. The van der Waals surface area contributed by atoms with E-state index in [4.69, 9.17) is 15.5 Å². The highest BCUT2D eigenvalue weighted by molar-refractivity contribution is 7.80. The van der Waals surface area contributed by atoms with Gasteiger partial charge in [-0.1, -0.05) is 12.1 Å². The van der Waals surface area contributed by atoms with Crippen molar-refractivity contribution in [1.82, 2.24) is 20.2 Å². The van der Waals surface area contributed by atoms with Gasteiger partial charge < -0.3 is 15.4 Å². The fourth-order valence-corrected chi connectivity index (χ4v) is 3.26. The van der Waals surface area contributed by atoms with E-state index in [1.807, 2.05) is 18.2 Å². The van der Waals surface area contributed by atoms with Gasteiger partial charge in [0.05, 0.1) is 35.5 Å². The maximum atomic E-state index is 5.60. The van der Waals surface area contributed by atoms with Crippen molar-refractivity contribution < 1.29 is 4.74 Å². The van der Waals surface area contributed by atoms with E-state index in [1.165, 1.54) is 6.20 Å². The summed E-state index contributed by atoms with van der Waals surface area (Å²) in [7, 11) is 0. The van der Waals surface area contributed by atoms with E-state index in [0.717, 1.165) is 35.4 Å². The molecule has 7 nitrogen and oxygen atoms in total. The van der Waals surface area contributed by atoms with Crippen LogP contribution in [0.3, 0.4) is 0 Å². The van der Waals surface area contributed by atoms with Gasteiger partial charge in [-0.15, -0.1) is 12.6 Å². The molecule has 0 bridgehead atoms. The predicted molar refractivity (Wildman–Crippen MR) is 101 cm³/mol. The summed E-state index contributed by atoms with van der Waals surface area (Å²) in [6.45, 7) is 2.88. The van der Waals surface area contributed by atoms with Crippen LogP contribution in [0.2, 0.25) is 0 Å². The molecule has 8 heteroatoms. The van der Waals surface area contributed by atoms with E-state index in [0.29, 0.717) is 29.6 Å². The van der Waals surface area contributed by atoms with Gasteiger partial charge in [0.15, 0.2) is 5.82 Å². The number of thiol groups is 1. The number of benzene rings is 1. The van der Waals surface area contributed by atoms with Crippen molar-refractivity contribution >= 4 is 35.4 Å². The summed E-state index contributed by atoms with van der Waals surface area (Å²) >= 11 is 4.64. The van der Waals surface area contributed by atoms with Crippen LogP contribution in [0.1, 0.15) is 5.69 Å². The molecule has 3 N–H and O–H groups in total. The summed E-state index contributed by atoms with van der Waals surface area (Å²) in [6.07, 6.45) is 5.00. The first kappa shape index (κ1) is 15.9. The number of ether oxygens (including phenoxy) is 1. The summed E-state index contributed by atoms with van der Waals surface area (Å²) in [6, 6.07) is 5.92. The van der Waals surface area contributed by atoms with Crippen LogP contribution in [0, 0.1) is 0 Å². The lowest BCUT2D eigenvalue weighted by atomic mass is 10.1. The van der Waals surface area contributed by atoms with E-state index in [9.17, 15) is 0 Å². The number of H-pyrrole nitrogens is 1. The summed E-state index contributed by atoms with van der Waals surface area (Å²) in [4.78, 5) is 12.4. The highest BCUT2D eigenvalue weighted by atomic mass is 32.1. The maximum absolute atomic E-state index is 5.60. The van der Waals surface area contributed by atoms with Crippen molar-refractivity contribution in [2.75, 3.05) is 31.2 Å². The minimum atomic E-state index is 0.624. The average molecular weight is 354 g/mol. The highest BCUT2D eigenvalue weighted by Gasteiger charge is 2.20. The summed E-state index contributed by atoms with van der Waals surface area (Å²) in [5.74, 6) is 1.42. The topological polar surface area (TPSA) is 93.0 Å². The molecular weight excluding hydrogens is 336 g/mol. The number of hydrogen-bond acceptors (Lipinski definition) is 7. The average Bonchev–Trinajstić information content (AvgIpc) is 3.13. The molecule has 0 saturated carbocycles. The Morgan fingerprint density at radius 2 is 2.08 bits per heavy atom. The van der Waals surface area contributed by atoms with Crippen LogP contribution in [0.25, 0.3) is 28.4 Å². The zero-order valence-corrected chi connectivity index (χ0v) is 14.4. The Morgan fingerprint density at radius 1 is 1.24 bits per heavy atom. The summed E-state index contributed by atoms with van der Waals surface area (Å²) < 4.78 is 5.44. The fourth-order valence-electron chi connectivity index (χ4n) is 2.95. The van der Waals surface area contributed by atoms with Gasteiger partial charge in [0.2, 0.25) is 0 Å². The molecule has 0 aliphatic carbocycles. The first-order valence-electron chi connectivity index (χ1n) is 8.02. The molecule has 1 aliphatic heterocycles. The summed E-state index contributed by atoms with van der Waals surface area (Å²) in [5.41, 5.74) is 8.15. The van der Waals surface area contributed by atoms with Gasteiger partial charge in [-0.05, 0) is 18.3 Å². The van der Waals surface area contributed by atoms with Gasteiger partial charge in [0.25, 0.3) is 0 Å².